The van der Waals surface area contributed by atoms with E-state index in [-0.39, 0.29) is 0 Å². The number of benzene rings is 24. The van der Waals surface area contributed by atoms with Crippen LogP contribution in [0.4, 0.5) is 0 Å². The van der Waals surface area contributed by atoms with Crippen molar-refractivity contribution in [3.63, 3.8) is 0 Å². The highest BCUT2D eigenvalue weighted by Crippen LogP contribution is 2.50. The number of hydrogen-bond donors (Lipinski definition) is 0. The Bertz CT molecular complexity index is 9000. The van der Waals surface area contributed by atoms with Gasteiger partial charge in [0.25, 0.3) is 0 Å². The molecule has 0 saturated heterocycles. The van der Waals surface area contributed by atoms with Gasteiger partial charge in [0.05, 0.1) is 40.2 Å². The highest BCUT2D eigenvalue weighted by Gasteiger charge is 2.24. The molecule has 0 bridgehead atoms. The molecule has 0 aliphatic carbocycles. The van der Waals surface area contributed by atoms with Gasteiger partial charge in [-0.1, -0.05) is 382 Å². The maximum Gasteiger partial charge on any atom is 0.119 e. The molecule has 4 nitrogen and oxygen atoms in total. The Kier molecular flexibility index (Phi) is 18.7. The van der Waals surface area contributed by atoms with Crippen molar-refractivity contribution >= 4 is 162 Å². The lowest BCUT2D eigenvalue weighted by Crippen LogP contribution is -1.94. The van der Waals surface area contributed by atoms with Gasteiger partial charge in [-0.3, -0.25) is 0 Å². The number of fused-ring (bicyclic) bond motifs is 18. The summed E-state index contributed by atoms with van der Waals surface area (Å²) in [6.07, 6.45) is 0. The summed E-state index contributed by atoms with van der Waals surface area (Å²) in [5, 5.41) is 30.3. The number of aromatic nitrogens is 3. The zero-order valence-corrected chi connectivity index (χ0v) is 72.9. The average Bonchev–Trinajstić information content (AvgIpc) is 1.71. The Morgan fingerprint density at radius 2 is 0.341 bits per heavy atom. The van der Waals surface area contributed by atoms with Gasteiger partial charge in [0.1, 0.15) is 5.75 Å². The molecule has 132 heavy (non-hydrogen) atoms. The van der Waals surface area contributed by atoms with Gasteiger partial charge >= 0.3 is 0 Å². The number of nitrogens with zero attached hydrogens (tertiary/aromatic N) is 3. The number of rotatable bonds is 10. The molecule has 0 atom stereocenters. The molecule has 0 aliphatic rings. The molecule has 0 fully saturated rings. The van der Waals surface area contributed by atoms with Crippen molar-refractivity contribution in [2.75, 3.05) is 7.11 Å². The van der Waals surface area contributed by atoms with Gasteiger partial charge in [-0.2, -0.15) is 0 Å². The van der Waals surface area contributed by atoms with Crippen LogP contribution in [0.1, 0.15) is 5.56 Å². The van der Waals surface area contributed by atoms with Crippen LogP contribution in [0.25, 0.3) is 246 Å². The maximum atomic E-state index is 5.47. The second-order valence-electron chi connectivity index (χ2n) is 34.8. The molecule has 0 aliphatic heterocycles. The topological polar surface area (TPSA) is 24.0 Å². The summed E-state index contributed by atoms with van der Waals surface area (Å²) in [5.74, 6) is 0.875. The molecule has 27 aromatic rings. The van der Waals surface area contributed by atoms with Gasteiger partial charge in [-0.15, -0.1) is 0 Å². The predicted molar refractivity (Wildman–Crippen MR) is 564 cm³/mol. The van der Waals surface area contributed by atoms with E-state index < -0.39 is 0 Å². The molecule has 0 unspecified atom stereocenters. The third kappa shape index (κ3) is 12.9. The fourth-order valence-corrected chi connectivity index (χ4v) is 21.6. The molecule has 3 heterocycles. The standard InChI is InChI=1S/C43H29NO.C43H29N.C42H27N/c1-45-33-25-22-29-26-31(19-18-30(29)27-33)43-38-14-4-2-12-36(38)42(37-13-3-5-15-39(37)43)28-20-23-32(24-21-28)44-40-16-8-6-10-34(40)35-11-7-9-17-41(35)44;1-28-18-19-31-27-32(21-20-30(31)26-28)43-38-14-4-2-12-36(38)42(37-13-3-5-15-39(37)43)29-22-24-33(25-23-29)44-40-16-8-6-10-34(40)35-11-7-9-17-41(35)44;1-2-12-30-27-31(22-21-28(30)11-1)42-37-17-5-3-15-35(37)41(36-16-4-6-18-38(36)42)29-23-25-32(26-24-29)43-39-19-9-7-13-33(39)34-14-8-10-20-40(34)43/h2-27H,1H3;2-27H,1H3;1-27H. The highest BCUT2D eigenvalue weighted by atomic mass is 16.5. The second kappa shape index (κ2) is 32.0. The summed E-state index contributed by atoms with van der Waals surface area (Å²) < 4.78 is 12.6. The molecule has 0 saturated carbocycles. The average molecular weight is 1680 g/mol. The fourth-order valence-electron chi connectivity index (χ4n) is 21.6. The lowest BCUT2D eigenvalue weighted by Gasteiger charge is -2.18. The van der Waals surface area contributed by atoms with Crippen LogP contribution in [-0.2, 0) is 0 Å². The molecule has 24 aromatic carbocycles. The zero-order chi connectivity index (χ0) is 87.4. The predicted octanol–water partition coefficient (Wildman–Crippen LogP) is 35.0. The maximum absolute atomic E-state index is 5.47. The summed E-state index contributed by atoms with van der Waals surface area (Å²) in [6.45, 7) is 2.16. The summed E-state index contributed by atoms with van der Waals surface area (Å²) in [7, 11) is 1.72. The van der Waals surface area contributed by atoms with E-state index in [1.165, 1.54) is 246 Å². The molecule has 4 heteroatoms. The summed E-state index contributed by atoms with van der Waals surface area (Å²) in [5.41, 5.74) is 27.2. The largest absolute Gasteiger partial charge is 0.497 e. The first-order valence-electron chi connectivity index (χ1n) is 45.5. The lowest BCUT2D eigenvalue weighted by molar-refractivity contribution is 0.415. The van der Waals surface area contributed by atoms with Crippen molar-refractivity contribution in [1.29, 1.82) is 0 Å². The Hall–Kier alpha value is -17.2. The van der Waals surface area contributed by atoms with Gasteiger partial charge in [0.2, 0.25) is 0 Å². The lowest BCUT2D eigenvalue weighted by atomic mass is 9.85. The highest BCUT2D eigenvalue weighted by molar-refractivity contribution is 6.26. The molecule has 0 amide bonds. The van der Waals surface area contributed by atoms with Gasteiger partial charge in [-0.05, 0) is 274 Å². The van der Waals surface area contributed by atoms with Crippen molar-refractivity contribution in [3.05, 3.63) is 485 Å². The first-order chi connectivity index (χ1) is 65.4. The van der Waals surface area contributed by atoms with E-state index in [0.29, 0.717) is 0 Å². The number of methoxy groups -OCH3 is 1. The first kappa shape index (κ1) is 77.2. The third-order valence-electron chi connectivity index (χ3n) is 27.4. The van der Waals surface area contributed by atoms with Gasteiger partial charge in [-0.25, -0.2) is 0 Å². The quantitative estimate of drug-likeness (QED) is 0.125. The molecule has 27 rings (SSSR count). The number of para-hydroxylation sites is 6. The first-order valence-corrected chi connectivity index (χ1v) is 45.5. The van der Waals surface area contributed by atoms with Crippen molar-refractivity contribution in [3.8, 4) is 89.6 Å². The van der Waals surface area contributed by atoms with Crippen LogP contribution >= 0.6 is 0 Å². The smallest absolute Gasteiger partial charge is 0.119 e. The van der Waals surface area contributed by atoms with E-state index in [9.17, 15) is 0 Å². The van der Waals surface area contributed by atoms with E-state index >= 15 is 0 Å². The molecular weight excluding hydrogens is 1600 g/mol. The minimum atomic E-state index is 0.875. The van der Waals surface area contributed by atoms with E-state index in [1.807, 2.05) is 6.07 Å². The zero-order valence-electron chi connectivity index (χ0n) is 72.9. The Balaban J connectivity index is 0.000000106. The Labute approximate surface area is 763 Å². The van der Waals surface area contributed by atoms with Crippen LogP contribution in [0.5, 0.6) is 5.75 Å². The van der Waals surface area contributed by atoms with Crippen molar-refractivity contribution < 1.29 is 4.74 Å². The van der Waals surface area contributed by atoms with Gasteiger partial charge in [0.15, 0.2) is 0 Å². The number of hydrogen-bond acceptors (Lipinski definition) is 1. The SMILES string of the molecule is COc1ccc2cc(-c3c4ccccc4c(-c4ccc(-n5c6ccccc6c6ccccc65)cc4)c4ccccc34)ccc2c1.Cc1ccc2cc(-c3c4ccccc4c(-c4ccc(-n5c6ccccc6c6ccccc65)cc4)c4ccccc34)ccc2c1.c1ccc2cc(-c3c4ccccc4c(-c4ccc(-n5c6ccccc6c6ccccc65)cc4)c4ccccc34)ccc2c1. The van der Waals surface area contributed by atoms with Crippen LogP contribution < -0.4 is 4.74 Å². The third-order valence-corrected chi connectivity index (χ3v) is 27.4. The second-order valence-corrected chi connectivity index (χ2v) is 34.8. The molecule has 0 spiro atoms. The minimum Gasteiger partial charge on any atom is -0.497 e. The van der Waals surface area contributed by atoms with E-state index in [0.717, 1.165) is 11.4 Å². The Morgan fingerprint density at radius 3 is 0.614 bits per heavy atom. The van der Waals surface area contributed by atoms with Crippen molar-refractivity contribution in [1.82, 2.24) is 13.7 Å². The normalized spacial score (nSPS) is 11.7. The number of aryl methyl sites for hydroxylation is 1. The van der Waals surface area contributed by atoms with E-state index in [2.05, 4.69) is 494 Å². The Morgan fingerprint density at radius 1 is 0.152 bits per heavy atom. The molecular formula is C128H85N3O. The molecule has 618 valence electrons. The van der Waals surface area contributed by atoms with Crippen LogP contribution in [0.15, 0.2) is 479 Å². The van der Waals surface area contributed by atoms with Crippen LogP contribution in [0, 0.1) is 6.92 Å². The number of ether oxygens (including phenoxy) is 1. The van der Waals surface area contributed by atoms with Crippen LogP contribution in [0.3, 0.4) is 0 Å². The van der Waals surface area contributed by atoms with E-state index in [4.69, 9.17) is 4.74 Å². The van der Waals surface area contributed by atoms with Crippen LogP contribution in [-0.4, -0.2) is 20.8 Å². The monoisotopic (exact) mass is 1680 g/mol. The van der Waals surface area contributed by atoms with Crippen molar-refractivity contribution in [2.45, 2.75) is 6.92 Å². The molecule has 0 radical (unpaired) electrons. The summed E-state index contributed by atoms with van der Waals surface area (Å²) in [6, 6.07) is 175. The fraction of sp³-hybridized carbons (Fsp3) is 0.0156. The van der Waals surface area contributed by atoms with Crippen molar-refractivity contribution in [2.24, 2.45) is 0 Å². The van der Waals surface area contributed by atoms with Crippen LogP contribution in [0.2, 0.25) is 0 Å². The molecule has 0 N–H and O–H groups in total. The molecule has 3 aromatic heterocycles. The summed E-state index contributed by atoms with van der Waals surface area (Å²) >= 11 is 0. The summed E-state index contributed by atoms with van der Waals surface area (Å²) in [4.78, 5) is 0. The van der Waals surface area contributed by atoms with Gasteiger partial charge in [0, 0.05) is 49.4 Å². The minimum absolute atomic E-state index is 0.875. The van der Waals surface area contributed by atoms with Gasteiger partial charge < -0.3 is 18.4 Å². The van der Waals surface area contributed by atoms with E-state index in [1.54, 1.807) is 7.11 Å².